The minimum absolute atomic E-state index is 0.0745. The van der Waals surface area contributed by atoms with Gasteiger partial charge in [-0.25, -0.2) is 14.8 Å². The predicted octanol–water partition coefficient (Wildman–Crippen LogP) is 1.05. The third kappa shape index (κ3) is 2.05. The molecular formula is C10H12ClN3O3. The molecule has 1 aliphatic rings. The predicted molar refractivity (Wildman–Crippen MR) is 61.6 cm³/mol. The molecule has 1 N–H and O–H groups in total. The van der Waals surface area contributed by atoms with Crippen LogP contribution in [0.25, 0.3) is 0 Å². The number of likely N-dealkylation sites (N-methyl/N-ethyl adjacent to an activating group) is 1. The van der Waals surface area contributed by atoms with E-state index in [1.165, 1.54) is 6.20 Å². The number of anilines is 1. The third-order valence-electron chi connectivity index (χ3n) is 2.94. The van der Waals surface area contributed by atoms with E-state index in [4.69, 9.17) is 21.4 Å². The van der Waals surface area contributed by atoms with Crippen molar-refractivity contribution in [3.05, 3.63) is 17.2 Å². The molecule has 0 amide bonds. The van der Waals surface area contributed by atoms with Crippen molar-refractivity contribution in [1.82, 2.24) is 9.97 Å². The summed E-state index contributed by atoms with van der Waals surface area (Å²) < 4.78 is 5.15. The Morgan fingerprint density at radius 3 is 2.76 bits per heavy atom. The number of carboxylic acid groups (broad SMARTS) is 1. The van der Waals surface area contributed by atoms with Crippen molar-refractivity contribution in [2.24, 2.45) is 0 Å². The van der Waals surface area contributed by atoms with Gasteiger partial charge in [0, 0.05) is 7.05 Å². The van der Waals surface area contributed by atoms with Crippen LogP contribution in [0.3, 0.4) is 0 Å². The lowest BCUT2D eigenvalue weighted by molar-refractivity contribution is -0.0456. The van der Waals surface area contributed by atoms with Crippen LogP contribution in [-0.4, -0.2) is 46.8 Å². The molecule has 0 aromatic carbocycles. The average Bonchev–Trinajstić information content (AvgIpc) is 2.24. The first-order valence-corrected chi connectivity index (χ1v) is 5.39. The van der Waals surface area contributed by atoms with Gasteiger partial charge in [-0.1, -0.05) is 0 Å². The quantitative estimate of drug-likeness (QED) is 0.816. The summed E-state index contributed by atoms with van der Waals surface area (Å²) in [6.07, 6.45) is 1.42. The molecule has 1 saturated heterocycles. The van der Waals surface area contributed by atoms with Crippen LogP contribution in [0.5, 0.6) is 0 Å². The fraction of sp³-hybridized carbons (Fsp3) is 0.500. The molecule has 0 atom stereocenters. The molecule has 0 aliphatic carbocycles. The van der Waals surface area contributed by atoms with Gasteiger partial charge in [0.1, 0.15) is 0 Å². The molecule has 92 valence electrons. The molecule has 0 saturated carbocycles. The normalized spacial score (nSPS) is 17.4. The van der Waals surface area contributed by atoms with Gasteiger partial charge in [0.25, 0.3) is 0 Å². The Morgan fingerprint density at radius 1 is 1.65 bits per heavy atom. The topological polar surface area (TPSA) is 75.6 Å². The maximum absolute atomic E-state index is 11.1. The van der Waals surface area contributed by atoms with Crippen LogP contribution >= 0.6 is 11.6 Å². The highest BCUT2D eigenvalue weighted by molar-refractivity contribution is 6.28. The van der Waals surface area contributed by atoms with Crippen LogP contribution in [0, 0.1) is 0 Å². The lowest BCUT2D eigenvalue weighted by Gasteiger charge is -2.46. The van der Waals surface area contributed by atoms with Crippen molar-refractivity contribution in [2.75, 3.05) is 25.2 Å². The highest BCUT2D eigenvalue weighted by Crippen LogP contribution is 2.30. The lowest BCUT2D eigenvalue weighted by atomic mass is 9.98. The van der Waals surface area contributed by atoms with Crippen molar-refractivity contribution in [2.45, 2.75) is 12.5 Å². The molecule has 2 rings (SSSR count). The van der Waals surface area contributed by atoms with Gasteiger partial charge < -0.3 is 14.7 Å². The zero-order chi connectivity index (χ0) is 12.6. The van der Waals surface area contributed by atoms with E-state index < -0.39 is 5.97 Å². The summed E-state index contributed by atoms with van der Waals surface area (Å²) in [5.74, 6) is -1.13. The van der Waals surface area contributed by atoms with Crippen molar-refractivity contribution in [1.29, 1.82) is 0 Å². The van der Waals surface area contributed by atoms with Gasteiger partial charge in [0.05, 0.1) is 30.6 Å². The molecule has 6 nitrogen and oxygen atoms in total. The molecule has 0 bridgehead atoms. The standard InChI is InChI=1S/C10H12ClN3O3/c1-10(4-17-5-10)14(2)6-3-12-9(11)13-7(6)8(15)16/h3H,4-5H2,1-2H3,(H,15,16). The minimum atomic E-state index is -1.13. The number of ether oxygens (including phenoxy) is 1. The number of aromatic carboxylic acids is 1. The van der Waals surface area contributed by atoms with Gasteiger partial charge >= 0.3 is 5.97 Å². The first kappa shape index (κ1) is 12.1. The summed E-state index contributed by atoms with van der Waals surface area (Å²) in [6.45, 7) is 3.08. The Morgan fingerprint density at radius 2 is 2.29 bits per heavy atom. The molecule has 0 radical (unpaired) electrons. The molecule has 7 heteroatoms. The number of halogens is 1. The number of aromatic nitrogens is 2. The lowest BCUT2D eigenvalue weighted by Crippen LogP contribution is -2.59. The fourth-order valence-electron chi connectivity index (χ4n) is 1.64. The Hall–Kier alpha value is -1.40. The van der Waals surface area contributed by atoms with Gasteiger partial charge in [-0.2, -0.15) is 0 Å². The van der Waals surface area contributed by atoms with E-state index in [0.29, 0.717) is 18.9 Å². The van der Waals surface area contributed by atoms with Crippen LogP contribution in [0.4, 0.5) is 5.69 Å². The van der Waals surface area contributed by atoms with E-state index in [1.54, 1.807) is 7.05 Å². The number of carboxylic acids is 1. The number of nitrogens with zero attached hydrogens (tertiary/aromatic N) is 3. The Bertz CT molecular complexity index is 462. The molecule has 2 heterocycles. The van der Waals surface area contributed by atoms with Crippen LogP contribution in [0.2, 0.25) is 5.28 Å². The average molecular weight is 258 g/mol. The molecule has 17 heavy (non-hydrogen) atoms. The summed E-state index contributed by atoms with van der Waals surface area (Å²) in [7, 11) is 1.79. The number of rotatable bonds is 3. The van der Waals surface area contributed by atoms with Crippen LogP contribution in [0.1, 0.15) is 17.4 Å². The Labute approximate surface area is 103 Å². The van der Waals surface area contributed by atoms with Gasteiger partial charge in [0.15, 0.2) is 5.69 Å². The second-order valence-corrected chi connectivity index (χ2v) is 4.56. The molecule has 1 aromatic rings. The highest BCUT2D eigenvalue weighted by atomic mass is 35.5. The van der Waals surface area contributed by atoms with Crippen molar-refractivity contribution in [3.63, 3.8) is 0 Å². The second kappa shape index (κ2) is 4.12. The molecule has 0 unspecified atom stereocenters. The zero-order valence-corrected chi connectivity index (χ0v) is 10.2. The molecule has 0 spiro atoms. The van der Waals surface area contributed by atoms with Crippen LogP contribution in [0.15, 0.2) is 6.20 Å². The van der Waals surface area contributed by atoms with E-state index in [9.17, 15) is 4.79 Å². The summed E-state index contributed by atoms with van der Waals surface area (Å²) in [5.41, 5.74) is 0.120. The van der Waals surface area contributed by atoms with Crippen molar-refractivity contribution < 1.29 is 14.6 Å². The summed E-state index contributed by atoms with van der Waals surface area (Å²) in [5, 5.41) is 9.01. The summed E-state index contributed by atoms with van der Waals surface area (Å²) in [6, 6.07) is 0. The number of hydrogen-bond acceptors (Lipinski definition) is 5. The van der Waals surface area contributed by atoms with Gasteiger partial charge in [0.2, 0.25) is 5.28 Å². The maximum Gasteiger partial charge on any atom is 0.356 e. The summed E-state index contributed by atoms with van der Waals surface area (Å²) >= 11 is 5.60. The molecule has 1 aromatic heterocycles. The third-order valence-corrected chi connectivity index (χ3v) is 3.12. The van der Waals surface area contributed by atoms with E-state index >= 15 is 0 Å². The Kier molecular flexibility index (Phi) is 2.92. The monoisotopic (exact) mass is 257 g/mol. The van der Waals surface area contributed by atoms with E-state index in [1.807, 2.05) is 11.8 Å². The molecule has 1 fully saturated rings. The van der Waals surface area contributed by atoms with Gasteiger partial charge in [-0.3, -0.25) is 0 Å². The van der Waals surface area contributed by atoms with E-state index in [0.717, 1.165) is 0 Å². The van der Waals surface area contributed by atoms with Crippen LogP contribution in [-0.2, 0) is 4.74 Å². The molecule has 1 aliphatic heterocycles. The van der Waals surface area contributed by atoms with Crippen molar-refractivity contribution in [3.8, 4) is 0 Å². The fourth-order valence-corrected chi connectivity index (χ4v) is 1.77. The maximum atomic E-state index is 11.1. The first-order valence-electron chi connectivity index (χ1n) is 5.01. The molecular weight excluding hydrogens is 246 g/mol. The first-order chi connectivity index (χ1) is 7.94. The van der Waals surface area contributed by atoms with Gasteiger partial charge in [-0.15, -0.1) is 0 Å². The smallest absolute Gasteiger partial charge is 0.356 e. The minimum Gasteiger partial charge on any atom is -0.476 e. The SMILES string of the molecule is CN(c1cnc(Cl)nc1C(=O)O)C1(C)COC1. The zero-order valence-electron chi connectivity index (χ0n) is 9.47. The second-order valence-electron chi connectivity index (χ2n) is 4.23. The van der Waals surface area contributed by atoms with E-state index in [-0.39, 0.29) is 16.5 Å². The Balaban J connectivity index is 2.40. The highest BCUT2D eigenvalue weighted by Gasteiger charge is 2.39. The largest absolute Gasteiger partial charge is 0.476 e. The van der Waals surface area contributed by atoms with Crippen LogP contribution < -0.4 is 4.90 Å². The van der Waals surface area contributed by atoms with E-state index in [2.05, 4.69) is 9.97 Å². The summed E-state index contributed by atoms with van der Waals surface area (Å²) in [4.78, 5) is 20.5. The van der Waals surface area contributed by atoms with Crippen molar-refractivity contribution >= 4 is 23.3 Å². The van der Waals surface area contributed by atoms with Gasteiger partial charge in [-0.05, 0) is 18.5 Å². The number of carbonyl (C=O) groups is 1. The number of hydrogen-bond donors (Lipinski definition) is 1.